The van der Waals surface area contributed by atoms with Crippen LogP contribution < -0.4 is 15.6 Å². The van der Waals surface area contributed by atoms with Gasteiger partial charge in [-0.2, -0.15) is 9.61 Å². The maximum atomic E-state index is 13.2. The van der Waals surface area contributed by atoms with E-state index in [9.17, 15) is 19.5 Å². The second kappa shape index (κ2) is 10.5. The summed E-state index contributed by atoms with van der Waals surface area (Å²) in [6.45, 7) is 8.03. The molecule has 0 aliphatic carbocycles. The van der Waals surface area contributed by atoms with Gasteiger partial charge in [0.15, 0.2) is 5.65 Å². The monoisotopic (exact) mass is 496 g/mol. The molecule has 2 amide bonds. The van der Waals surface area contributed by atoms with E-state index in [0.29, 0.717) is 55.0 Å². The summed E-state index contributed by atoms with van der Waals surface area (Å²) in [5, 5.41) is 16.7. The summed E-state index contributed by atoms with van der Waals surface area (Å²) in [6.07, 6.45) is 2.21. The highest BCUT2D eigenvalue weighted by Gasteiger charge is 2.28. The zero-order chi connectivity index (χ0) is 26.0. The predicted molar refractivity (Wildman–Crippen MR) is 132 cm³/mol. The molecule has 1 aliphatic rings. The van der Waals surface area contributed by atoms with Crippen molar-refractivity contribution >= 4 is 17.5 Å². The minimum atomic E-state index is -1.03. The van der Waals surface area contributed by atoms with Crippen molar-refractivity contribution in [3.05, 3.63) is 56.8 Å². The lowest BCUT2D eigenvalue weighted by molar-refractivity contribution is -0.141. The molecular formula is C25H32N6O5. The summed E-state index contributed by atoms with van der Waals surface area (Å²) in [7, 11) is 0. The molecule has 1 fully saturated rings. The first-order valence-corrected chi connectivity index (χ1v) is 12.2. The third kappa shape index (κ3) is 5.11. The molecule has 4 heterocycles. The van der Waals surface area contributed by atoms with Gasteiger partial charge in [-0.1, -0.05) is 6.92 Å². The average molecular weight is 497 g/mol. The molecule has 36 heavy (non-hydrogen) atoms. The first-order valence-electron chi connectivity index (χ1n) is 12.2. The first kappa shape index (κ1) is 25.4. The van der Waals surface area contributed by atoms with Crippen LogP contribution in [0.3, 0.4) is 0 Å². The number of fused-ring (bicyclic) bond motifs is 1. The van der Waals surface area contributed by atoms with Crippen LogP contribution in [0, 0.1) is 13.8 Å². The number of rotatable bonds is 7. The third-order valence-corrected chi connectivity index (χ3v) is 6.49. The number of hydrogen-bond donors (Lipinski definition) is 3. The Morgan fingerprint density at radius 2 is 2.03 bits per heavy atom. The van der Waals surface area contributed by atoms with Gasteiger partial charge in [0.25, 0.3) is 17.4 Å². The maximum Gasteiger partial charge on any atom is 0.270 e. The van der Waals surface area contributed by atoms with Crippen molar-refractivity contribution in [1.29, 1.82) is 0 Å². The molecule has 1 saturated heterocycles. The zero-order valence-electron chi connectivity index (χ0n) is 21.0. The van der Waals surface area contributed by atoms with E-state index in [-0.39, 0.29) is 29.8 Å². The number of nitrogens with zero attached hydrogens (tertiary/aromatic N) is 4. The number of ether oxygens (including phenoxy) is 1. The number of nitrogens with one attached hydrogen (secondary N) is 2. The van der Waals surface area contributed by atoms with E-state index in [0.717, 1.165) is 11.3 Å². The highest BCUT2D eigenvalue weighted by molar-refractivity contribution is 5.94. The Labute approximate surface area is 208 Å². The lowest BCUT2D eigenvalue weighted by atomic mass is 10.1. The summed E-state index contributed by atoms with van der Waals surface area (Å²) >= 11 is 0. The molecule has 3 aromatic rings. The molecule has 0 bridgehead atoms. The van der Waals surface area contributed by atoms with Crippen molar-refractivity contribution in [2.24, 2.45) is 0 Å². The lowest BCUT2D eigenvalue weighted by Crippen LogP contribution is -2.45. The topological polar surface area (TPSA) is 142 Å². The van der Waals surface area contributed by atoms with Crippen LogP contribution in [-0.4, -0.2) is 66.7 Å². The minimum Gasteiger partial charge on any atom is -0.474 e. The van der Waals surface area contributed by atoms with Crippen LogP contribution in [0.1, 0.15) is 59.6 Å². The second-order valence-electron chi connectivity index (χ2n) is 9.13. The number of carbonyl (C=O) groups is 2. The number of aliphatic hydroxyl groups is 1. The van der Waals surface area contributed by atoms with Crippen molar-refractivity contribution in [1.82, 2.24) is 29.8 Å². The molecule has 0 unspecified atom stereocenters. The van der Waals surface area contributed by atoms with Gasteiger partial charge in [0.05, 0.1) is 6.20 Å². The normalized spacial score (nSPS) is 15.2. The number of pyridine rings is 1. The molecule has 192 valence electrons. The Hall–Kier alpha value is -3.73. The Morgan fingerprint density at radius 3 is 2.69 bits per heavy atom. The predicted octanol–water partition coefficient (Wildman–Crippen LogP) is 1.28. The quantitative estimate of drug-likeness (QED) is 0.447. The van der Waals surface area contributed by atoms with E-state index in [1.165, 1.54) is 6.92 Å². The molecule has 0 aromatic carbocycles. The molecule has 4 rings (SSSR count). The Bertz CT molecular complexity index is 1340. The molecule has 0 radical (unpaired) electrons. The fourth-order valence-electron chi connectivity index (χ4n) is 4.52. The second-order valence-corrected chi connectivity index (χ2v) is 9.13. The van der Waals surface area contributed by atoms with Crippen molar-refractivity contribution < 1.29 is 19.4 Å². The number of carbonyl (C=O) groups excluding carboxylic acids is 2. The van der Waals surface area contributed by atoms with E-state index >= 15 is 0 Å². The molecule has 1 atom stereocenters. The number of likely N-dealkylation sites (tertiary alicyclic amines) is 1. The van der Waals surface area contributed by atoms with Gasteiger partial charge in [0.2, 0.25) is 5.88 Å². The Kier molecular flexibility index (Phi) is 7.39. The number of piperidine rings is 1. The van der Waals surface area contributed by atoms with Crippen LogP contribution in [-0.2, 0) is 17.8 Å². The smallest absolute Gasteiger partial charge is 0.270 e. The maximum absolute atomic E-state index is 13.2. The van der Waals surface area contributed by atoms with Crippen LogP contribution in [0.25, 0.3) is 5.65 Å². The van der Waals surface area contributed by atoms with Gasteiger partial charge in [-0.05, 0) is 38.8 Å². The van der Waals surface area contributed by atoms with Gasteiger partial charge in [-0.25, -0.2) is 4.98 Å². The van der Waals surface area contributed by atoms with Gasteiger partial charge in [-0.3, -0.25) is 14.4 Å². The van der Waals surface area contributed by atoms with Crippen LogP contribution >= 0.6 is 0 Å². The van der Waals surface area contributed by atoms with Crippen molar-refractivity contribution in [3.8, 4) is 5.88 Å². The van der Waals surface area contributed by atoms with E-state index in [4.69, 9.17) is 4.74 Å². The van der Waals surface area contributed by atoms with Crippen LogP contribution in [0.2, 0.25) is 0 Å². The molecule has 3 N–H and O–H groups in total. The number of aryl methyl sites for hydroxylation is 2. The van der Waals surface area contributed by atoms with Crippen molar-refractivity contribution in [2.75, 3.05) is 13.1 Å². The van der Waals surface area contributed by atoms with E-state index in [1.807, 2.05) is 19.9 Å². The van der Waals surface area contributed by atoms with E-state index < -0.39 is 12.0 Å². The molecule has 1 aliphatic heterocycles. The highest BCUT2D eigenvalue weighted by Crippen LogP contribution is 2.26. The number of hydrogen-bond acceptors (Lipinski definition) is 7. The van der Waals surface area contributed by atoms with Crippen LogP contribution in [0.5, 0.6) is 5.88 Å². The number of amides is 2. The zero-order valence-corrected chi connectivity index (χ0v) is 21.0. The molecule has 3 aromatic heterocycles. The number of H-pyrrole nitrogens is 1. The van der Waals surface area contributed by atoms with Gasteiger partial charge >= 0.3 is 0 Å². The van der Waals surface area contributed by atoms with Gasteiger partial charge in [0.1, 0.15) is 17.9 Å². The molecule has 0 saturated carbocycles. The summed E-state index contributed by atoms with van der Waals surface area (Å²) < 4.78 is 7.85. The van der Waals surface area contributed by atoms with E-state index in [2.05, 4.69) is 20.4 Å². The molecule has 11 nitrogen and oxygen atoms in total. The minimum absolute atomic E-state index is 0.0785. The number of aromatic nitrogens is 4. The van der Waals surface area contributed by atoms with Gasteiger partial charge in [0, 0.05) is 55.4 Å². The number of aliphatic hydroxyl groups excluding tert-OH is 1. The van der Waals surface area contributed by atoms with Crippen molar-refractivity contribution in [3.63, 3.8) is 0 Å². The van der Waals surface area contributed by atoms with Gasteiger partial charge in [-0.15, -0.1) is 0 Å². The summed E-state index contributed by atoms with van der Waals surface area (Å²) in [4.78, 5) is 46.6. The highest BCUT2D eigenvalue weighted by atomic mass is 16.5. The SMILES string of the molecule is CCc1cc(C)[nH]c(=O)c1CNC(=O)c1nc2ccnn2c(OC2CCN(C(=O)[C@@H](C)O)CC2)c1C. The van der Waals surface area contributed by atoms with E-state index in [1.54, 1.807) is 28.6 Å². The third-order valence-electron chi connectivity index (χ3n) is 6.49. The first-order chi connectivity index (χ1) is 17.2. The summed E-state index contributed by atoms with van der Waals surface area (Å²) in [5.41, 5.74) is 3.16. The number of aromatic amines is 1. The molecule has 0 spiro atoms. The average Bonchev–Trinajstić information content (AvgIpc) is 3.32. The Morgan fingerprint density at radius 1 is 1.31 bits per heavy atom. The standard InChI is InChI=1S/C25H32N6O5/c1-5-17-12-14(2)28-22(33)19(17)13-26-23(34)21-15(3)25(31-20(29-21)6-9-27-31)36-18-7-10-30(11-8-18)24(35)16(4)32/h6,9,12,16,18,32H,5,7-8,10-11,13H2,1-4H3,(H,26,34)(H,28,33)/t16-/m1/s1. The largest absolute Gasteiger partial charge is 0.474 e. The summed E-state index contributed by atoms with van der Waals surface area (Å²) in [6, 6.07) is 3.60. The summed E-state index contributed by atoms with van der Waals surface area (Å²) in [5.74, 6) is -0.293. The van der Waals surface area contributed by atoms with Crippen molar-refractivity contribution in [2.45, 2.75) is 65.7 Å². The lowest BCUT2D eigenvalue weighted by Gasteiger charge is -2.33. The van der Waals surface area contributed by atoms with Crippen LogP contribution in [0.15, 0.2) is 23.1 Å². The fraction of sp³-hybridized carbons (Fsp3) is 0.480. The molecule has 11 heteroatoms. The van der Waals surface area contributed by atoms with Crippen LogP contribution in [0.4, 0.5) is 0 Å². The van der Waals surface area contributed by atoms with Gasteiger partial charge < -0.3 is 25.0 Å². The molecular weight excluding hydrogens is 464 g/mol. The Balaban J connectivity index is 1.54. The fourth-order valence-corrected chi connectivity index (χ4v) is 4.52.